The van der Waals surface area contributed by atoms with E-state index in [0.29, 0.717) is 18.3 Å². The molecule has 82 valence electrons. The molecule has 0 radical (unpaired) electrons. The van der Waals surface area contributed by atoms with Crippen molar-refractivity contribution >= 4 is 5.97 Å². The van der Waals surface area contributed by atoms with E-state index in [4.69, 9.17) is 4.74 Å². The summed E-state index contributed by atoms with van der Waals surface area (Å²) < 4.78 is 4.94. The number of hydrogen-bond donors (Lipinski definition) is 1. The molecule has 0 bridgehead atoms. The Labute approximate surface area is 86.5 Å². The highest BCUT2D eigenvalue weighted by molar-refractivity contribution is 5.87. The Balaban J connectivity index is 3.87. The first-order chi connectivity index (χ1) is 6.65. The highest BCUT2D eigenvalue weighted by atomic mass is 16.5. The van der Waals surface area contributed by atoms with Crippen molar-refractivity contribution in [3.63, 3.8) is 0 Å². The third-order valence-corrected chi connectivity index (χ3v) is 2.05. The van der Waals surface area contributed by atoms with Crippen LogP contribution in [0.3, 0.4) is 0 Å². The van der Waals surface area contributed by atoms with Crippen LogP contribution in [-0.4, -0.2) is 18.6 Å². The number of nitrogens with one attached hydrogen (secondary N) is 1. The van der Waals surface area contributed by atoms with E-state index in [1.165, 1.54) is 0 Å². The lowest BCUT2D eigenvalue weighted by molar-refractivity contribution is -0.139. The molecule has 0 saturated heterocycles. The SMILES string of the molecule is C=C(NC(CC)CC)C(=O)OCCC. The summed E-state index contributed by atoms with van der Waals surface area (Å²) in [4.78, 5) is 11.3. The van der Waals surface area contributed by atoms with Gasteiger partial charge in [0.1, 0.15) is 5.70 Å². The second-order valence-electron chi connectivity index (χ2n) is 3.27. The molecule has 0 saturated carbocycles. The average molecular weight is 199 g/mol. The monoisotopic (exact) mass is 199 g/mol. The second kappa shape index (κ2) is 7.42. The molecule has 0 aromatic carbocycles. The zero-order valence-electron chi connectivity index (χ0n) is 9.43. The molecule has 1 N–H and O–H groups in total. The van der Waals surface area contributed by atoms with Gasteiger partial charge in [0, 0.05) is 6.04 Å². The van der Waals surface area contributed by atoms with E-state index >= 15 is 0 Å². The molecule has 0 atom stereocenters. The lowest BCUT2D eigenvalue weighted by Gasteiger charge is -2.16. The van der Waals surface area contributed by atoms with Crippen LogP contribution in [0.4, 0.5) is 0 Å². The molecule has 3 nitrogen and oxygen atoms in total. The molecule has 0 aliphatic carbocycles. The Bertz CT molecular complexity index is 186. The van der Waals surface area contributed by atoms with Crippen molar-refractivity contribution in [3.8, 4) is 0 Å². The first-order valence-electron chi connectivity index (χ1n) is 5.28. The largest absolute Gasteiger partial charge is 0.461 e. The van der Waals surface area contributed by atoms with Gasteiger partial charge in [0.05, 0.1) is 6.61 Å². The van der Waals surface area contributed by atoms with E-state index in [1.54, 1.807) is 0 Å². The zero-order chi connectivity index (χ0) is 11.0. The summed E-state index contributed by atoms with van der Waals surface area (Å²) in [5, 5.41) is 3.06. The predicted octanol–water partition coefficient (Wildman–Crippen LogP) is 2.23. The lowest BCUT2D eigenvalue weighted by Crippen LogP contribution is -2.31. The normalized spacial score (nSPS) is 10.0. The minimum atomic E-state index is -0.334. The van der Waals surface area contributed by atoms with Crippen LogP contribution in [0.5, 0.6) is 0 Å². The third kappa shape index (κ3) is 4.90. The number of esters is 1. The highest BCUT2D eigenvalue weighted by Gasteiger charge is 2.11. The molecule has 3 heteroatoms. The summed E-state index contributed by atoms with van der Waals surface area (Å²) in [6, 6.07) is 0.316. The van der Waals surface area contributed by atoms with Gasteiger partial charge in [-0.3, -0.25) is 0 Å². The quantitative estimate of drug-likeness (QED) is 0.505. The molecular formula is C11H21NO2. The van der Waals surface area contributed by atoms with Crippen molar-refractivity contribution in [3.05, 3.63) is 12.3 Å². The van der Waals surface area contributed by atoms with Gasteiger partial charge in [-0.2, -0.15) is 0 Å². The Hall–Kier alpha value is -0.990. The van der Waals surface area contributed by atoms with Crippen molar-refractivity contribution in [1.29, 1.82) is 0 Å². The Kier molecular flexibility index (Phi) is 6.89. The molecule has 14 heavy (non-hydrogen) atoms. The van der Waals surface area contributed by atoms with Gasteiger partial charge in [-0.1, -0.05) is 27.4 Å². The summed E-state index contributed by atoms with van der Waals surface area (Å²) in [6.45, 7) is 10.2. The van der Waals surface area contributed by atoms with Gasteiger partial charge in [-0.15, -0.1) is 0 Å². The average Bonchev–Trinajstić information content (AvgIpc) is 2.21. The van der Waals surface area contributed by atoms with E-state index < -0.39 is 0 Å². The minimum absolute atomic E-state index is 0.316. The minimum Gasteiger partial charge on any atom is -0.461 e. The van der Waals surface area contributed by atoms with E-state index in [9.17, 15) is 4.79 Å². The van der Waals surface area contributed by atoms with Crippen molar-refractivity contribution in [2.24, 2.45) is 0 Å². The van der Waals surface area contributed by atoms with Gasteiger partial charge in [-0.05, 0) is 19.3 Å². The van der Waals surface area contributed by atoms with Crippen LogP contribution in [-0.2, 0) is 9.53 Å². The van der Waals surface area contributed by atoms with Crippen molar-refractivity contribution in [2.75, 3.05) is 6.61 Å². The summed E-state index contributed by atoms with van der Waals surface area (Å²) in [5.41, 5.74) is 0.368. The molecule has 0 amide bonds. The van der Waals surface area contributed by atoms with Crippen LogP contribution >= 0.6 is 0 Å². The standard InChI is InChI=1S/C11H21NO2/c1-5-8-14-11(13)9(4)12-10(6-2)7-3/h10,12H,4-8H2,1-3H3. The van der Waals surface area contributed by atoms with Gasteiger partial charge in [0.25, 0.3) is 0 Å². The number of rotatable bonds is 7. The first kappa shape index (κ1) is 13.0. The molecule has 0 aromatic heterocycles. The Morgan fingerprint density at radius 1 is 1.36 bits per heavy atom. The van der Waals surface area contributed by atoms with Crippen LogP contribution < -0.4 is 5.32 Å². The number of carbonyl (C=O) groups is 1. The summed E-state index contributed by atoms with van der Waals surface area (Å²) in [7, 11) is 0. The summed E-state index contributed by atoms with van der Waals surface area (Å²) in [6.07, 6.45) is 2.80. The second-order valence-corrected chi connectivity index (χ2v) is 3.27. The maximum atomic E-state index is 11.3. The Morgan fingerprint density at radius 3 is 2.36 bits per heavy atom. The molecular weight excluding hydrogens is 178 g/mol. The van der Waals surface area contributed by atoms with Gasteiger partial charge in [-0.25, -0.2) is 4.79 Å². The van der Waals surface area contributed by atoms with E-state index in [1.807, 2.05) is 6.92 Å². The van der Waals surface area contributed by atoms with Crippen LogP contribution in [0.1, 0.15) is 40.0 Å². The lowest BCUT2D eigenvalue weighted by atomic mass is 10.1. The maximum absolute atomic E-state index is 11.3. The number of ether oxygens (including phenoxy) is 1. The van der Waals surface area contributed by atoms with E-state index in [2.05, 4.69) is 25.7 Å². The van der Waals surface area contributed by atoms with Crippen molar-refractivity contribution in [1.82, 2.24) is 5.32 Å². The van der Waals surface area contributed by atoms with Crippen LogP contribution in [0.2, 0.25) is 0 Å². The smallest absolute Gasteiger partial charge is 0.353 e. The van der Waals surface area contributed by atoms with E-state index in [-0.39, 0.29) is 5.97 Å². The van der Waals surface area contributed by atoms with Crippen LogP contribution in [0.25, 0.3) is 0 Å². The predicted molar refractivity (Wildman–Crippen MR) is 57.9 cm³/mol. The molecule has 0 fully saturated rings. The third-order valence-electron chi connectivity index (χ3n) is 2.05. The van der Waals surface area contributed by atoms with Gasteiger partial charge >= 0.3 is 5.97 Å². The molecule has 0 heterocycles. The molecule has 0 unspecified atom stereocenters. The molecule has 0 aliphatic heterocycles. The van der Waals surface area contributed by atoms with Gasteiger partial charge in [0.2, 0.25) is 0 Å². The maximum Gasteiger partial charge on any atom is 0.353 e. The van der Waals surface area contributed by atoms with Crippen molar-refractivity contribution < 1.29 is 9.53 Å². The number of hydrogen-bond acceptors (Lipinski definition) is 3. The summed E-state index contributed by atoms with van der Waals surface area (Å²) >= 11 is 0. The van der Waals surface area contributed by atoms with E-state index in [0.717, 1.165) is 19.3 Å². The Morgan fingerprint density at radius 2 is 1.93 bits per heavy atom. The fourth-order valence-electron chi connectivity index (χ4n) is 1.08. The van der Waals surface area contributed by atoms with Gasteiger partial charge in [0.15, 0.2) is 0 Å². The first-order valence-corrected chi connectivity index (χ1v) is 5.28. The van der Waals surface area contributed by atoms with Gasteiger partial charge < -0.3 is 10.1 Å². The van der Waals surface area contributed by atoms with Crippen LogP contribution in [0, 0.1) is 0 Å². The molecule has 0 aromatic rings. The van der Waals surface area contributed by atoms with Crippen LogP contribution in [0.15, 0.2) is 12.3 Å². The summed E-state index contributed by atoms with van der Waals surface area (Å²) in [5.74, 6) is -0.334. The highest BCUT2D eigenvalue weighted by Crippen LogP contribution is 2.01. The number of carbonyl (C=O) groups excluding carboxylic acids is 1. The molecule has 0 spiro atoms. The molecule has 0 aliphatic rings. The van der Waals surface area contributed by atoms with Crippen molar-refractivity contribution in [2.45, 2.75) is 46.1 Å². The zero-order valence-corrected chi connectivity index (χ0v) is 9.43. The fourth-order valence-corrected chi connectivity index (χ4v) is 1.08. The molecule has 0 rings (SSSR count). The fraction of sp³-hybridized carbons (Fsp3) is 0.727. The topological polar surface area (TPSA) is 38.3 Å².